The van der Waals surface area contributed by atoms with Crippen LogP contribution in [0.4, 0.5) is 0 Å². The van der Waals surface area contributed by atoms with Crippen LogP contribution in [0.5, 0.6) is 0 Å². The lowest BCUT2D eigenvalue weighted by atomic mass is 9.60. The van der Waals surface area contributed by atoms with Crippen LogP contribution in [0, 0.1) is 22.7 Å². The average Bonchev–Trinajstić information content (AvgIpc) is 3.26. The third kappa shape index (κ3) is 3.06. The molecule has 0 bridgehead atoms. The van der Waals surface area contributed by atoms with E-state index in [1.807, 2.05) is 0 Å². The minimum absolute atomic E-state index is 0.293. The van der Waals surface area contributed by atoms with Gasteiger partial charge in [0.15, 0.2) is 0 Å². The maximum atomic E-state index is 4.26. The van der Waals surface area contributed by atoms with Gasteiger partial charge in [-0.2, -0.15) is 0 Å². The van der Waals surface area contributed by atoms with Crippen LogP contribution in [0.25, 0.3) is 0 Å². The molecule has 3 fully saturated rings. The predicted octanol–water partition coefficient (Wildman–Crippen LogP) is 7.27. The quantitative estimate of drug-likeness (QED) is 0.488. The smallest absolute Gasteiger partial charge is 0.0473 e. The van der Waals surface area contributed by atoms with Crippen LogP contribution in [-0.4, -0.2) is 11.6 Å². The fraction of sp³-hybridized carbons (Fsp3) is 0.714. The number of allylic oxidation sites excluding steroid dienone is 4. The first-order chi connectivity index (χ1) is 13.7. The molecule has 0 aromatic heterocycles. The van der Waals surface area contributed by atoms with Crippen molar-refractivity contribution in [2.24, 2.45) is 22.7 Å². The van der Waals surface area contributed by atoms with E-state index in [1.54, 1.807) is 16.7 Å². The molecule has 1 aliphatic heterocycles. The molecule has 1 nitrogen and oxygen atoms in total. The summed E-state index contributed by atoms with van der Waals surface area (Å²) >= 11 is 0. The van der Waals surface area contributed by atoms with Gasteiger partial charge in [-0.05, 0) is 94.5 Å². The molecule has 5 rings (SSSR count). The van der Waals surface area contributed by atoms with E-state index >= 15 is 0 Å². The fourth-order valence-electron chi connectivity index (χ4n) is 8.11. The molecule has 0 saturated heterocycles. The lowest BCUT2D eigenvalue weighted by Crippen LogP contribution is -2.55. The van der Waals surface area contributed by atoms with Gasteiger partial charge in [-0.1, -0.05) is 61.3 Å². The molecular formula is C28H41N. The molecule has 3 saturated carbocycles. The van der Waals surface area contributed by atoms with Crippen molar-refractivity contribution in [2.75, 3.05) is 0 Å². The minimum atomic E-state index is 0.293. The van der Waals surface area contributed by atoms with Crippen LogP contribution in [0.3, 0.4) is 0 Å². The Kier molecular flexibility index (Phi) is 4.59. The Labute approximate surface area is 178 Å². The summed E-state index contributed by atoms with van der Waals surface area (Å²) in [4.78, 5) is 0. The van der Waals surface area contributed by atoms with Crippen molar-refractivity contribution in [1.82, 2.24) is 5.32 Å². The second-order valence-electron chi connectivity index (χ2n) is 11.9. The van der Waals surface area contributed by atoms with Crippen molar-refractivity contribution in [3.8, 4) is 0 Å². The number of fused-ring (bicyclic) bond motifs is 3. The summed E-state index contributed by atoms with van der Waals surface area (Å²) in [5.74, 6) is 1.43. The van der Waals surface area contributed by atoms with Crippen molar-refractivity contribution in [3.63, 3.8) is 0 Å². The lowest BCUT2D eigenvalue weighted by molar-refractivity contribution is 0.171. The summed E-state index contributed by atoms with van der Waals surface area (Å²) in [5, 5.41) is 4.18. The average molecular weight is 392 g/mol. The zero-order valence-corrected chi connectivity index (χ0v) is 19.2. The van der Waals surface area contributed by atoms with Crippen LogP contribution in [0.2, 0.25) is 0 Å². The number of nitrogens with one attached hydrogen (secondary N) is 1. The van der Waals surface area contributed by atoms with Crippen LogP contribution in [0.15, 0.2) is 47.1 Å². The Morgan fingerprint density at radius 1 is 1.07 bits per heavy atom. The Bertz CT molecular complexity index is 804. The van der Waals surface area contributed by atoms with E-state index in [-0.39, 0.29) is 0 Å². The molecule has 158 valence electrons. The van der Waals surface area contributed by atoms with Crippen molar-refractivity contribution >= 4 is 0 Å². The fourth-order valence-corrected chi connectivity index (χ4v) is 8.11. The van der Waals surface area contributed by atoms with Gasteiger partial charge in [-0.15, -0.1) is 0 Å². The van der Waals surface area contributed by atoms with Crippen LogP contribution in [-0.2, 0) is 0 Å². The maximum absolute atomic E-state index is 4.26. The third-order valence-electron chi connectivity index (χ3n) is 9.86. The summed E-state index contributed by atoms with van der Waals surface area (Å²) in [6, 6.07) is 0.431. The first kappa shape index (κ1) is 19.9. The number of hydrogen-bond acceptors (Lipinski definition) is 1. The SMILES string of the molecule is C=C(C)C1CCC2(C)CC(C3C=CC4C5(CCCC5)CCC4(C)N3)=CC(C)=C2C1. The third-order valence-corrected chi connectivity index (χ3v) is 9.86. The highest BCUT2D eigenvalue weighted by molar-refractivity contribution is 5.43. The summed E-state index contributed by atoms with van der Waals surface area (Å²) in [7, 11) is 0. The van der Waals surface area contributed by atoms with Gasteiger partial charge in [0.05, 0.1) is 0 Å². The van der Waals surface area contributed by atoms with Crippen molar-refractivity contribution in [2.45, 2.75) is 103 Å². The molecule has 4 aliphatic carbocycles. The molecular weight excluding hydrogens is 350 g/mol. The number of hydrogen-bond donors (Lipinski definition) is 1. The molecule has 1 heterocycles. The first-order valence-corrected chi connectivity index (χ1v) is 12.3. The van der Waals surface area contributed by atoms with Gasteiger partial charge in [0.25, 0.3) is 0 Å². The lowest BCUT2D eigenvalue weighted by Gasteiger charge is -2.48. The van der Waals surface area contributed by atoms with Crippen LogP contribution >= 0.6 is 0 Å². The standard InChI is InChI=1S/C28H41N/c1-19(2)21-10-13-26(4)18-22(16-20(3)23(26)17-21)24-8-9-25-27(5,29-24)14-15-28(25)11-6-7-12-28/h8-9,16,21,24-25,29H,1,6-7,10-15,17-18H2,2-5H3. The van der Waals surface area contributed by atoms with E-state index in [1.165, 1.54) is 69.8 Å². The molecule has 5 unspecified atom stereocenters. The van der Waals surface area contributed by atoms with Crippen LogP contribution < -0.4 is 5.32 Å². The van der Waals surface area contributed by atoms with Crippen molar-refractivity contribution in [3.05, 3.63) is 47.1 Å². The summed E-state index contributed by atoms with van der Waals surface area (Å²) in [6.45, 7) is 13.9. The topological polar surface area (TPSA) is 12.0 Å². The Morgan fingerprint density at radius 2 is 1.83 bits per heavy atom. The van der Waals surface area contributed by atoms with Gasteiger partial charge in [0.1, 0.15) is 0 Å². The Morgan fingerprint density at radius 3 is 2.55 bits per heavy atom. The van der Waals surface area contributed by atoms with E-state index in [0.717, 1.165) is 5.92 Å². The summed E-state index contributed by atoms with van der Waals surface area (Å²) in [5.41, 5.74) is 7.53. The van der Waals surface area contributed by atoms with Crippen molar-refractivity contribution in [1.29, 1.82) is 0 Å². The van der Waals surface area contributed by atoms with Gasteiger partial charge >= 0.3 is 0 Å². The van der Waals surface area contributed by atoms with Gasteiger partial charge in [0.2, 0.25) is 0 Å². The molecule has 29 heavy (non-hydrogen) atoms. The zero-order valence-electron chi connectivity index (χ0n) is 19.2. The highest BCUT2D eigenvalue weighted by Gasteiger charge is 2.56. The van der Waals surface area contributed by atoms with Crippen molar-refractivity contribution < 1.29 is 0 Å². The largest absolute Gasteiger partial charge is 0.301 e. The molecule has 1 N–H and O–H groups in total. The minimum Gasteiger partial charge on any atom is -0.301 e. The number of rotatable bonds is 2. The molecule has 5 atom stereocenters. The zero-order chi connectivity index (χ0) is 20.4. The Hall–Kier alpha value is -1.08. The molecule has 1 spiro atoms. The van der Waals surface area contributed by atoms with Gasteiger partial charge in [-0.25, -0.2) is 0 Å². The first-order valence-electron chi connectivity index (χ1n) is 12.3. The van der Waals surface area contributed by atoms with Gasteiger partial charge in [0, 0.05) is 17.5 Å². The van der Waals surface area contributed by atoms with E-state index < -0.39 is 0 Å². The summed E-state index contributed by atoms with van der Waals surface area (Å²) < 4.78 is 0. The van der Waals surface area contributed by atoms with Gasteiger partial charge < -0.3 is 5.32 Å². The monoisotopic (exact) mass is 391 g/mol. The summed E-state index contributed by atoms with van der Waals surface area (Å²) in [6.07, 6.45) is 21.4. The molecule has 0 radical (unpaired) electrons. The van der Waals surface area contributed by atoms with Crippen LogP contribution in [0.1, 0.15) is 91.9 Å². The van der Waals surface area contributed by atoms with E-state index in [0.29, 0.717) is 28.3 Å². The molecule has 0 aromatic rings. The second-order valence-corrected chi connectivity index (χ2v) is 11.9. The predicted molar refractivity (Wildman–Crippen MR) is 124 cm³/mol. The van der Waals surface area contributed by atoms with Gasteiger partial charge in [-0.3, -0.25) is 0 Å². The molecule has 0 amide bonds. The highest BCUT2D eigenvalue weighted by Crippen LogP contribution is 2.60. The van der Waals surface area contributed by atoms with E-state index in [4.69, 9.17) is 0 Å². The molecule has 5 aliphatic rings. The second kappa shape index (κ2) is 6.71. The maximum Gasteiger partial charge on any atom is 0.0473 e. The molecule has 0 aromatic carbocycles. The Balaban J connectivity index is 1.42. The van der Waals surface area contributed by atoms with E-state index in [9.17, 15) is 0 Å². The van der Waals surface area contributed by atoms with E-state index in [2.05, 4.69) is 57.8 Å². The molecule has 1 heteroatoms. The normalized spacial score (nSPS) is 43.3. The highest BCUT2D eigenvalue weighted by atomic mass is 15.0.